The highest BCUT2D eigenvalue weighted by Crippen LogP contribution is 2.35. The van der Waals surface area contributed by atoms with Gasteiger partial charge in [-0.3, -0.25) is 0 Å². The van der Waals surface area contributed by atoms with Gasteiger partial charge in [0.1, 0.15) is 0 Å². The van der Waals surface area contributed by atoms with E-state index in [2.05, 4.69) is 59.4 Å². The monoisotopic (exact) mass is 311 g/mol. The van der Waals surface area contributed by atoms with Crippen molar-refractivity contribution in [1.29, 1.82) is 0 Å². The van der Waals surface area contributed by atoms with Crippen molar-refractivity contribution in [2.45, 2.75) is 38.8 Å². The third-order valence-electron chi connectivity index (χ3n) is 3.74. The van der Waals surface area contributed by atoms with E-state index in [1.807, 2.05) is 0 Å². The predicted molar refractivity (Wildman–Crippen MR) is 78.7 cm³/mol. The van der Waals surface area contributed by atoms with E-state index in [1.54, 1.807) is 0 Å². The summed E-state index contributed by atoms with van der Waals surface area (Å²) in [5.41, 5.74) is 1.37. The van der Waals surface area contributed by atoms with E-state index in [0.29, 0.717) is 18.1 Å². The van der Waals surface area contributed by atoms with Crippen molar-refractivity contribution in [3.05, 3.63) is 34.3 Å². The van der Waals surface area contributed by atoms with E-state index < -0.39 is 0 Å². The molecule has 1 saturated heterocycles. The van der Waals surface area contributed by atoms with Crippen LogP contribution in [0.1, 0.15) is 38.3 Å². The Hall–Kier alpha value is -0.380. The third-order valence-corrected chi connectivity index (χ3v) is 4.27. The first-order chi connectivity index (χ1) is 8.76. The number of nitrogens with one attached hydrogen (secondary N) is 1. The van der Waals surface area contributed by atoms with Crippen molar-refractivity contribution in [2.75, 3.05) is 13.2 Å². The third kappa shape index (κ3) is 3.14. The van der Waals surface area contributed by atoms with Crippen LogP contribution in [-0.4, -0.2) is 19.3 Å². The van der Waals surface area contributed by atoms with Crippen LogP contribution in [-0.2, 0) is 4.74 Å². The van der Waals surface area contributed by atoms with Crippen molar-refractivity contribution >= 4 is 15.9 Å². The molecule has 0 aromatic heterocycles. The summed E-state index contributed by atoms with van der Waals surface area (Å²) in [5, 5.41) is 3.63. The van der Waals surface area contributed by atoms with Gasteiger partial charge in [0.25, 0.3) is 0 Å². The van der Waals surface area contributed by atoms with Gasteiger partial charge in [-0.2, -0.15) is 0 Å². The van der Waals surface area contributed by atoms with Gasteiger partial charge in [0.15, 0.2) is 0 Å². The molecule has 1 heterocycles. The van der Waals surface area contributed by atoms with Gasteiger partial charge in [-0.1, -0.05) is 41.9 Å². The summed E-state index contributed by atoms with van der Waals surface area (Å²) in [6.07, 6.45) is 2.66. The molecule has 1 aromatic rings. The van der Waals surface area contributed by atoms with Crippen LogP contribution >= 0.6 is 15.9 Å². The lowest BCUT2D eigenvalue weighted by atomic mass is 9.86. The van der Waals surface area contributed by atoms with Crippen molar-refractivity contribution < 1.29 is 4.74 Å². The van der Waals surface area contributed by atoms with Gasteiger partial charge in [0.05, 0.1) is 6.10 Å². The molecule has 3 unspecified atom stereocenters. The summed E-state index contributed by atoms with van der Waals surface area (Å²) < 4.78 is 6.97. The number of hydrogen-bond acceptors (Lipinski definition) is 2. The highest BCUT2D eigenvalue weighted by Gasteiger charge is 2.33. The van der Waals surface area contributed by atoms with Crippen LogP contribution in [0.2, 0.25) is 0 Å². The summed E-state index contributed by atoms with van der Waals surface area (Å²) in [6.45, 7) is 6.28. The second kappa shape index (κ2) is 6.69. The minimum atomic E-state index is 0.401. The van der Waals surface area contributed by atoms with Gasteiger partial charge in [0, 0.05) is 23.0 Å². The molecule has 0 spiro atoms. The van der Waals surface area contributed by atoms with Crippen molar-refractivity contribution in [3.63, 3.8) is 0 Å². The smallest absolute Gasteiger partial charge is 0.0619 e. The number of benzene rings is 1. The Bertz CT molecular complexity index is 365. The molecular formula is C15H22BrNO. The molecular weight excluding hydrogens is 290 g/mol. The van der Waals surface area contributed by atoms with E-state index >= 15 is 0 Å². The highest BCUT2D eigenvalue weighted by molar-refractivity contribution is 9.10. The number of ether oxygens (including phenoxy) is 1. The first-order valence-electron chi connectivity index (χ1n) is 6.86. The molecule has 3 atom stereocenters. The lowest BCUT2D eigenvalue weighted by Gasteiger charge is -2.28. The second-order valence-corrected chi connectivity index (χ2v) is 5.77. The quantitative estimate of drug-likeness (QED) is 0.890. The van der Waals surface area contributed by atoms with Gasteiger partial charge in [-0.05, 0) is 37.1 Å². The Balaban J connectivity index is 2.19. The molecule has 1 aromatic carbocycles. The first-order valence-corrected chi connectivity index (χ1v) is 7.66. The molecule has 0 saturated carbocycles. The van der Waals surface area contributed by atoms with Crippen LogP contribution in [0.5, 0.6) is 0 Å². The lowest BCUT2D eigenvalue weighted by molar-refractivity contribution is 0.0776. The molecule has 1 aliphatic rings. The molecule has 1 aliphatic heterocycles. The highest BCUT2D eigenvalue weighted by atomic mass is 79.9. The zero-order chi connectivity index (χ0) is 13.0. The van der Waals surface area contributed by atoms with Crippen LogP contribution in [0.25, 0.3) is 0 Å². The van der Waals surface area contributed by atoms with E-state index in [1.165, 1.54) is 5.56 Å². The average Bonchev–Trinajstić information content (AvgIpc) is 2.85. The van der Waals surface area contributed by atoms with Gasteiger partial charge >= 0.3 is 0 Å². The zero-order valence-electron chi connectivity index (χ0n) is 11.2. The van der Waals surface area contributed by atoms with Crippen molar-refractivity contribution in [2.24, 2.45) is 5.92 Å². The van der Waals surface area contributed by atoms with Crippen molar-refractivity contribution in [1.82, 2.24) is 5.32 Å². The molecule has 1 fully saturated rings. The Labute approximate surface area is 118 Å². The fourth-order valence-electron chi connectivity index (χ4n) is 2.87. The Morgan fingerprint density at radius 2 is 2.06 bits per heavy atom. The topological polar surface area (TPSA) is 21.3 Å². The van der Waals surface area contributed by atoms with Gasteiger partial charge in [-0.15, -0.1) is 0 Å². The summed E-state index contributed by atoms with van der Waals surface area (Å²) in [6, 6.07) is 9.08. The van der Waals surface area contributed by atoms with E-state index in [-0.39, 0.29) is 0 Å². The summed E-state index contributed by atoms with van der Waals surface area (Å²) in [5.74, 6) is 0.594. The van der Waals surface area contributed by atoms with Crippen LogP contribution < -0.4 is 5.32 Å². The molecule has 3 heteroatoms. The average molecular weight is 312 g/mol. The second-order valence-electron chi connectivity index (χ2n) is 4.86. The molecule has 18 heavy (non-hydrogen) atoms. The molecule has 0 bridgehead atoms. The Kier molecular flexibility index (Phi) is 5.22. The molecule has 0 aliphatic carbocycles. The van der Waals surface area contributed by atoms with E-state index in [4.69, 9.17) is 4.74 Å². The van der Waals surface area contributed by atoms with Crippen LogP contribution in [0, 0.1) is 5.92 Å². The predicted octanol–water partition coefficient (Wildman–Crippen LogP) is 3.91. The fourth-order valence-corrected chi connectivity index (χ4v) is 3.14. The number of rotatable bonds is 5. The molecule has 100 valence electrons. The summed E-state index contributed by atoms with van der Waals surface area (Å²) >= 11 is 3.50. The largest absolute Gasteiger partial charge is 0.378 e. The molecule has 2 rings (SSSR count). The van der Waals surface area contributed by atoms with Crippen LogP contribution in [0.15, 0.2) is 28.7 Å². The normalized spacial score (nSPS) is 25.3. The molecule has 0 radical (unpaired) electrons. The minimum Gasteiger partial charge on any atom is -0.378 e. The molecule has 2 nitrogen and oxygen atoms in total. The number of halogens is 1. The fraction of sp³-hybridized carbons (Fsp3) is 0.600. The molecule has 0 amide bonds. The summed E-state index contributed by atoms with van der Waals surface area (Å²) in [4.78, 5) is 0. The number of hydrogen-bond donors (Lipinski definition) is 1. The van der Waals surface area contributed by atoms with Gasteiger partial charge in [0.2, 0.25) is 0 Å². The zero-order valence-corrected chi connectivity index (χ0v) is 12.7. The van der Waals surface area contributed by atoms with Gasteiger partial charge in [-0.25, -0.2) is 0 Å². The van der Waals surface area contributed by atoms with E-state index in [0.717, 1.165) is 30.5 Å². The van der Waals surface area contributed by atoms with Gasteiger partial charge < -0.3 is 10.1 Å². The minimum absolute atomic E-state index is 0.401. The first kappa shape index (κ1) is 14.0. The van der Waals surface area contributed by atoms with Crippen LogP contribution in [0.3, 0.4) is 0 Å². The standard InChI is InChI=1S/C15H22BrNO/c1-3-14-13(9-10-18-14)15(17-4-2)11-5-7-12(16)8-6-11/h5-8,13-15,17H,3-4,9-10H2,1-2H3. The maximum absolute atomic E-state index is 5.84. The molecule has 1 N–H and O–H groups in total. The Morgan fingerprint density at radius 1 is 1.33 bits per heavy atom. The SMILES string of the molecule is CCNC(c1ccc(Br)cc1)C1CCOC1CC. The summed E-state index contributed by atoms with van der Waals surface area (Å²) in [7, 11) is 0. The maximum atomic E-state index is 5.84. The van der Waals surface area contributed by atoms with Crippen LogP contribution in [0.4, 0.5) is 0 Å². The van der Waals surface area contributed by atoms with E-state index in [9.17, 15) is 0 Å². The maximum Gasteiger partial charge on any atom is 0.0619 e. The van der Waals surface area contributed by atoms with Crippen molar-refractivity contribution in [3.8, 4) is 0 Å². The lowest BCUT2D eigenvalue weighted by Crippen LogP contribution is -2.32. The Morgan fingerprint density at radius 3 is 2.67 bits per heavy atom.